The zero-order valence-corrected chi connectivity index (χ0v) is 16.4. The van der Waals surface area contributed by atoms with Gasteiger partial charge in [-0.2, -0.15) is 0 Å². The van der Waals surface area contributed by atoms with E-state index in [4.69, 9.17) is 5.73 Å². The minimum atomic E-state index is 0.276. The van der Waals surface area contributed by atoms with E-state index in [0.29, 0.717) is 11.0 Å². The van der Waals surface area contributed by atoms with Gasteiger partial charge >= 0.3 is 0 Å². The number of allylic oxidation sites excluding steroid dienone is 2. The van der Waals surface area contributed by atoms with Crippen LogP contribution in [-0.4, -0.2) is 17.9 Å². The van der Waals surface area contributed by atoms with Crippen LogP contribution < -0.4 is 11.1 Å². The Labute approximate surface area is 152 Å². The van der Waals surface area contributed by atoms with Crippen LogP contribution in [0.4, 0.5) is 0 Å². The second-order valence-electron chi connectivity index (χ2n) is 6.31. The van der Waals surface area contributed by atoms with E-state index in [0.717, 1.165) is 68.5 Å². The molecule has 0 spiro atoms. The molecule has 3 nitrogen and oxygen atoms in total. The maximum Gasteiger partial charge on any atom is 0.191 e. The lowest BCUT2D eigenvalue weighted by molar-refractivity contribution is -0.115. The number of hydrogen-bond donors (Lipinski definition) is 2. The summed E-state index contributed by atoms with van der Waals surface area (Å²) in [6.45, 7) is 9.09. The molecule has 1 fully saturated rings. The maximum absolute atomic E-state index is 11.7. The number of carbonyl (C=O) groups is 1. The second kappa shape index (κ2) is 11.4. The zero-order chi connectivity index (χ0) is 17.9. The van der Waals surface area contributed by atoms with Crippen LogP contribution in [0.3, 0.4) is 0 Å². The summed E-state index contributed by atoms with van der Waals surface area (Å²) >= 11 is 1.38. The van der Waals surface area contributed by atoms with Crippen LogP contribution in [0.1, 0.15) is 58.8 Å². The predicted octanol–water partition coefficient (Wildman–Crippen LogP) is 4.76. The lowest BCUT2D eigenvalue weighted by Gasteiger charge is -2.28. The molecule has 0 bridgehead atoms. The summed E-state index contributed by atoms with van der Waals surface area (Å²) in [7, 11) is 0. The molecule has 0 aromatic carbocycles. The van der Waals surface area contributed by atoms with E-state index in [2.05, 4.69) is 24.0 Å². The van der Waals surface area contributed by atoms with Crippen molar-refractivity contribution in [3.63, 3.8) is 0 Å². The molecule has 0 amide bonds. The fraction of sp³-hybridized carbons (Fsp3) is 0.650. The summed E-state index contributed by atoms with van der Waals surface area (Å²) in [5, 5.41) is 3.82. The second-order valence-corrected chi connectivity index (χ2v) is 7.12. The molecule has 2 aliphatic rings. The number of thioether (sulfide) groups is 1. The van der Waals surface area contributed by atoms with Crippen molar-refractivity contribution in [3.8, 4) is 0 Å². The zero-order valence-electron chi connectivity index (χ0n) is 15.6. The van der Waals surface area contributed by atoms with E-state index in [1.165, 1.54) is 11.8 Å². The smallest absolute Gasteiger partial charge is 0.191 e. The molecular weight excluding hydrogens is 316 g/mol. The van der Waals surface area contributed by atoms with Crippen LogP contribution in [0.2, 0.25) is 0 Å². The van der Waals surface area contributed by atoms with E-state index in [9.17, 15) is 4.79 Å². The van der Waals surface area contributed by atoms with Crippen LogP contribution in [-0.2, 0) is 4.79 Å². The van der Waals surface area contributed by atoms with E-state index < -0.39 is 0 Å². The van der Waals surface area contributed by atoms with Gasteiger partial charge in [0.2, 0.25) is 0 Å². The molecule has 136 valence electrons. The highest BCUT2D eigenvalue weighted by Gasteiger charge is 2.25. The third-order valence-corrected chi connectivity index (χ3v) is 5.48. The molecule has 0 saturated heterocycles. The molecule has 0 heterocycles. The first-order valence-electron chi connectivity index (χ1n) is 9.29. The van der Waals surface area contributed by atoms with Crippen molar-refractivity contribution in [2.45, 2.75) is 58.8 Å². The van der Waals surface area contributed by atoms with Crippen molar-refractivity contribution in [2.24, 2.45) is 17.6 Å². The standard InChI is InChI=1S/C18H28N2OS.C2H6/c1-13(16-6-4-3-5-7-17(16)19)20-12-14-8-10-15(11-9-14)18(21)22-2;1-2/h6-7,14-15,20H,1,3-5,8-12,19H2,2H3;1-2H3. The first-order valence-corrected chi connectivity index (χ1v) is 10.5. The molecule has 2 rings (SSSR count). The normalized spacial score (nSPS) is 23.8. The number of rotatable bonds is 5. The van der Waals surface area contributed by atoms with E-state index in [1.54, 1.807) is 0 Å². The van der Waals surface area contributed by atoms with Crippen LogP contribution in [0, 0.1) is 11.8 Å². The number of carbonyl (C=O) groups excluding carboxylic acids is 1. The van der Waals surface area contributed by atoms with Crippen molar-refractivity contribution in [1.29, 1.82) is 0 Å². The van der Waals surface area contributed by atoms with E-state index in [-0.39, 0.29) is 5.92 Å². The fourth-order valence-corrected chi connectivity index (χ4v) is 3.85. The Morgan fingerprint density at radius 1 is 1.25 bits per heavy atom. The van der Waals surface area contributed by atoms with Crippen LogP contribution >= 0.6 is 11.8 Å². The Hall–Kier alpha value is -1.16. The summed E-state index contributed by atoms with van der Waals surface area (Å²) in [6.07, 6.45) is 13.8. The van der Waals surface area contributed by atoms with Crippen LogP contribution in [0.5, 0.6) is 0 Å². The monoisotopic (exact) mass is 350 g/mol. The molecule has 0 radical (unpaired) electrons. The van der Waals surface area contributed by atoms with Gasteiger partial charge in [-0.3, -0.25) is 4.79 Å². The third-order valence-electron chi connectivity index (χ3n) is 4.74. The largest absolute Gasteiger partial charge is 0.398 e. The highest BCUT2D eigenvalue weighted by molar-refractivity contribution is 8.13. The van der Waals surface area contributed by atoms with Gasteiger partial charge in [-0.1, -0.05) is 44.3 Å². The van der Waals surface area contributed by atoms with E-state index >= 15 is 0 Å². The summed E-state index contributed by atoms with van der Waals surface area (Å²) in [4.78, 5) is 11.7. The molecule has 4 heteroatoms. The fourth-order valence-electron chi connectivity index (χ4n) is 3.28. The highest BCUT2D eigenvalue weighted by atomic mass is 32.2. The Morgan fingerprint density at radius 3 is 2.50 bits per heavy atom. The summed E-state index contributed by atoms with van der Waals surface area (Å²) in [6, 6.07) is 0. The molecule has 1 saturated carbocycles. The third kappa shape index (κ3) is 6.39. The molecule has 2 aliphatic carbocycles. The Kier molecular flexibility index (Phi) is 9.92. The average Bonchev–Trinajstić information content (AvgIpc) is 2.85. The summed E-state index contributed by atoms with van der Waals surface area (Å²) in [5.41, 5.74) is 8.97. The molecule has 3 N–H and O–H groups in total. The van der Waals surface area contributed by atoms with Gasteiger partial charge in [0, 0.05) is 29.4 Å². The van der Waals surface area contributed by atoms with Crippen molar-refractivity contribution in [3.05, 3.63) is 35.7 Å². The van der Waals surface area contributed by atoms with Gasteiger partial charge in [0.05, 0.1) is 0 Å². The SMILES string of the molecule is C=C(NCC1CCC(C(=O)SC)CC1)C1=CCCCC=C1N.CC. The molecule has 0 aromatic heterocycles. The number of nitrogens with one attached hydrogen (secondary N) is 1. The van der Waals surface area contributed by atoms with Crippen molar-refractivity contribution < 1.29 is 4.79 Å². The van der Waals surface area contributed by atoms with Gasteiger partial charge in [0.1, 0.15) is 0 Å². The molecule has 0 atom stereocenters. The lowest BCUT2D eigenvalue weighted by Crippen LogP contribution is -2.28. The van der Waals surface area contributed by atoms with Gasteiger partial charge in [-0.05, 0) is 57.1 Å². The number of nitrogens with two attached hydrogens (primary N) is 1. The molecule has 0 aromatic rings. The van der Waals surface area contributed by atoms with Crippen LogP contribution in [0.15, 0.2) is 35.7 Å². The minimum absolute atomic E-state index is 0.276. The number of hydrogen-bond acceptors (Lipinski definition) is 4. The highest BCUT2D eigenvalue weighted by Crippen LogP contribution is 2.31. The first-order chi connectivity index (χ1) is 11.6. The van der Waals surface area contributed by atoms with Gasteiger partial charge < -0.3 is 11.1 Å². The average molecular weight is 351 g/mol. The van der Waals surface area contributed by atoms with Crippen molar-refractivity contribution in [2.75, 3.05) is 12.8 Å². The predicted molar refractivity (Wildman–Crippen MR) is 107 cm³/mol. The van der Waals surface area contributed by atoms with Gasteiger partial charge in [0.25, 0.3) is 0 Å². The Morgan fingerprint density at radius 2 is 1.88 bits per heavy atom. The summed E-state index contributed by atoms with van der Waals surface area (Å²) < 4.78 is 0. The van der Waals surface area contributed by atoms with E-state index in [1.807, 2.05) is 20.1 Å². The lowest BCUT2D eigenvalue weighted by atomic mass is 9.82. The van der Waals surface area contributed by atoms with Crippen LogP contribution in [0.25, 0.3) is 0 Å². The van der Waals surface area contributed by atoms with Crippen molar-refractivity contribution in [1.82, 2.24) is 5.32 Å². The Bertz CT molecular complexity index is 474. The van der Waals surface area contributed by atoms with Gasteiger partial charge in [0.15, 0.2) is 5.12 Å². The molecule has 24 heavy (non-hydrogen) atoms. The van der Waals surface area contributed by atoms with Gasteiger partial charge in [-0.25, -0.2) is 0 Å². The summed E-state index contributed by atoms with van der Waals surface area (Å²) in [5.74, 6) is 0.914. The quantitative estimate of drug-likeness (QED) is 0.750. The first kappa shape index (κ1) is 20.9. The Balaban J connectivity index is 0.00000139. The molecule has 0 aliphatic heterocycles. The minimum Gasteiger partial charge on any atom is -0.398 e. The molecule has 0 unspecified atom stereocenters. The van der Waals surface area contributed by atoms with Crippen molar-refractivity contribution >= 4 is 16.9 Å². The van der Waals surface area contributed by atoms with Gasteiger partial charge in [-0.15, -0.1) is 0 Å². The topological polar surface area (TPSA) is 55.1 Å². The maximum atomic E-state index is 11.7. The molecular formula is C20H34N2OS.